The molecule has 0 heterocycles. The summed E-state index contributed by atoms with van der Waals surface area (Å²) < 4.78 is 0.191. The molecule has 0 radical (unpaired) electrons. The summed E-state index contributed by atoms with van der Waals surface area (Å²) in [5.74, 6) is -0.166. The number of benzene rings is 1. The van der Waals surface area contributed by atoms with Gasteiger partial charge >= 0.3 is 0 Å². The largest absolute Gasteiger partial charge is 0.325 e. The molecule has 1 aromatic carbocycles. The van der Waals surface area contributed by atoms with Crippen LogP contribution in [-0.4, -0.2) is 16.7 Å². The van der Waals surface area contributed by atoms with Crippen LogP contribution in [0.2, 0.25) is 0 Å². The molecule has 0 bridgehead atoms. The van der Waals surface area contributed by atoms with Gasteiger partial charge in [0.15, 0.2) is 0 Å². The number of hydrogen-bond acceptors (Lipinski definition) is 3. The fraction of sp³-hybridized carbons (Fsp3) is 0.462. The summed E-state index contributed by atoms with van der Waals surface area (Å²) >= 11 is 1.80. The standard InChI is InChI=1S/C13H20N2OS.ClH/c1-9(14)12(16)15-10-5-7-11(8-6-10)17-13(2,3)4;/h5-9H,14H2,1-4H3,(H,15,16);1H/t9-;/m1./s1. The van der Waals surface area contributed by atoms with Crippen molar-refractivity contribution in [3.8, 4) is 0 Å². The second-order valence-electron chi connectivity index (χ2n) is 5.02. The van der Waals surface area contributed by atoms with Crippen molar-refractivity contribution in [2.75, 3.05) is 5.32 Å². The number of thioether (sulfide) groups is 1. The highest BCUT2D eigenvalue weighted by Gasteiger charge is 2.12. The molecule has 0 unspecified atom stereocenters. The van der Waals surface area contributed by atoms with Gasteiger partial charge in [0.05, 0.1) is 6.04 Å². The van der Waals surface area contributed by atoms with E-state index in [2.05, 4.69) is 26.1 Å². The maximum Gasteiger partial charge on any atom is 0.240 e. The predicted molar refractivity (Wildman–Crippen MR) is 81.6 cm³/mol. The Morgan fingerprint density at radius 3 is 2.17 bits per heavy atom. The molecule has 102 valence electrons. The summed E-state index contributed by atoms with van der Waals surface area (Å²) in [6, 6.07) is 7.32. The summed E-state index contributed by atoms with van der Waals surface area (Å²) in [5, 5.41) is 2.76. The van der Waals surface area contributed by atoms with E-state index in [-0.39, 0.29) is 23.1 Å². The van der Waals surface area contributed by atoms with E-state index in [4.69, 9.17) is 5.73 Å². The second-order valence-corrected chi connectivity index (χ2v) is 6.92. The quantitative estimate of drug-likeness (QED) is 0.839. The van der Waals surface area contributed by atoms with Gasteiger partial charge in [-0.3, -0.25) is 4.79 Å². The lowest BCUT2D eigenvalue weighted by atomic mass is 10.2. The molecule has 0 aliphatic carbocycles. The fourth-order valence-corrected chi connectivity index (χ4v) is 2.20. The Morgan fingerprint density at radius 1 is 1.28 bits per heavy atom. The Hall–Kier alpha value is -0.710. The first-order chi connectivity index (χ1) is 7.78. The Bertz CT molecular complexity index is 385. The van der Waals surface area contributed by atoms with Gasteiger partial charge in [-0.05, 0) is 31.2 Å². The highest BCUT2D eigenvalue weighted by atomic mass is 35.5. The lowest BCUT2D eigenvalue weighted by molar-refractivity contribution is -0.117. The number of nitrogens with two attached hydrogens (primary N) is 1. The monoisotopic (exact) mass is 288 g/mol. The van der Waals surface area contributed by atoms with Crippen molar-refractivity contribution in [2.24, 2.45) is 5.73 Å². The van der Waals surface area contributed by atoms with Crippen LogP contribution in [0.25, 0.3) is 0 Å². The van der Waals surface area contributed by atoms with Gasteiger partial charge in [0.1, 0.15) is 0 Å². The number of halogens is 1. The zero-order chi connectivity index (χ0) is 13.1. The van der Waals surface area contributed by atoms with Gasteiger partial charge in [0.25, 0.3) is 0 Å². The lowest BCUT2D eigenvalue weighted by Crippen LogP contribution is -2.32. The molecule has 0 fully saturated rings. The van der Waals surface area contributed by atoms with Gasteiger partial charge in [-0.15, -0.1) is 24.2 Å². The third-order valence-corrected chi connectivity index (χ3v) is 3.08. The molecule has 0 aliphatic rings. The number of hydrogen-bond donors (Lipinski definition) is 2. The molecular formula is C13H21ClN2OS. The Labute approximate surface area is 119 Å². The van der Waals surface area contributed by atoms with Crippen LogP contribution < -0.4 is 11.1 Å². The molecule has 18 heavy (non-hydrogen) atoms. The highest BCUT2D eigenvalue weighted by molar-refractivity contribution is 8.00. The first-order valence-electron chi connectivity index (χ1n) is 5.63. The minimum absolute atomic E-state index is 0. The first kappa shape index (κ1) is 17.3. The number of anilines is 1. The number of amides is 1. The van der Waals surface area contributed by atoms with Crippen molar-refractivity contribution in [2.45, 2.75) is 43.4 Å². The minimum Gasteiger partial charge on any atom is -0.325 e. The zero-order valence-corrected chi connectivity index (χ0v) is 12.8. The summed E-state index contributed by atoms with van der Waals surface area (Å²) in [4.78, 5) is 12.6. The van der Waals surface area contributed by atoms with Gasteiger partial charge in [-0.2, -0.15) is 0 Å². The van der Waals surface area contributed by atoms with Crippen LogP contribution in [0.15, 0.2) is 29.2 Å². The van der Waals surface area contributed by atoms with Crippen molar-refractivity contribution in [1.29, 1.82) is 0 Å². The Balaban J connectivity index is 0.00000289. The van der Waals surface area contributed by atoms with Crippen LogP contribution in [-0.2, 0) is 4.79 Å². The van der Waals surface area contributed by atoms with Crippen molar-refractivity contribution in [3.05, 3.63) is 24.3 Å². The molecule has 1 aromatic rings. The van der Waals surface area contributed by atoms with Gasteiger partial charge in [0, 0.05) is 15.3 Å². The minimum atomic E-state index is -0.487. The average Bonchev–Trinajstić information content (AvgIpc) is 2.18. The molecule has 0 saturated carbocycles. The predicted octanol–water partition coefficient (Wildman–Crippen LogP) is 3.28. The highest BCUT2D eigenvalue weighted by Crippen LogP contribution is 2.32. The topological polar surface area (TPSA) is 55.1 Å². The van der Waals surface area contributed by atoms with E-state index in [1.165, 1.54) is 4.90 Å². The van der Waals surface area contributed by atoms with Gasteiger partial charge in [0.2, 0.25) is 5.91 Å². The van der Waals surface area contributed by atoms with E-state index in [0.29, 0.717) is 0 Å². The van der Waals surface area contributed by atoms with Crippen molar-refractivity contribution >= 4 is 35.8 Å². The van der Waals surface area contributed by atoms with Crippen LogP contribution in [0.1, 0.15) is 27.7 Å². The number of nitrogens with one attached hydrogen (secondary N) is 1. The van der Waals surface area contributed by atoms with Crippen molar-refractivity contribution in [3.63, 3.8) is 0 Å². The number of carbonyl (C=O) groups is 1. The van der Waals surface area contributed by atoms with E-state index >= 15 is 0 Å². The number of rotatable bonds is 3. The first-order valence-corrected chi connectivity index (χ1v) is 6.45. The van der Waals surface area contributed by atoms with Gasteiger partial charge < -0.3 is 11.1 Å². The average molecular weight is 289 g/mol. The lowest BCUT2D eigenvalue weighted by Gasteiger charge is -2.17. The fourth-order valence-electron chi connectivity index (χ4n) is 1.22. The van der Waals surface area contributed by atoms with Crippen LogP contribution in [0.4, 0.5) is 5.69 Å². The molecular weight excluding hydrogens is 268 g/mol. The van der Waals surface area contributed by atoms with Crippen LogP contribution >= 0.6 is 24.2 Å². The molecule has 0 aromatic heterocycles. The molecule has 0 aliphatic heterocycles. The van der Waals surface area contributed by atoms with Crippen LogP contribution in [0, 0.1) is 0 Å². The Morgan fingerprint density at radius 2 is 1.78 bits per heavy atom. The molecule has 0 spiro atoms. The van der Waals surface area contributed by atoms with E-state index in [9.17, 15) is 4.79 Å². The van der Waals surface area contributed by atoms with E-state index in [0.717, 1.165) is 5.69 Å². The molecule has 1 atom stereocenters. The third-order valence-electron chi connectivity index (χ3n) is 1.96. The number of carbonyl (C=O) groups excluding carboxylic acids is 1. The summed E-state index contributed by atoms with van der Waals surface area (Å²) in [6.07, 6.45) is 0. The summed E-state index contributed by atoms with van der Waals surface area (Å²) in [5.41, 5.74) is 6.26. The SMILES string of the molecule is C[C@@H](N)C(=O)Nc1ccc(SC(C)(C)C)cc1.Cl. The van der Waals surface area contributed by atoms with Gasteiger partial charge in [-0.25, -0.2) is 0 Å². The molecule has 3 nitrogen and oxygen atoms in total. The maximum atomic E-state index is 11.4. The van der Waals surface area contributed by atoms with Gasteiger partial charge in [-0.1, -0.05) is 20.8 Å². The molecule has 5 heteroatoms. The summed E-state index contributed by atoms with van der Waals surface area (Å²) in [6.45, 7) is 8.18. The third kappa shape index (κ3) is 6.28. The second kappa shape index (κ2) is 7.02. The van der Waals surface area contributed by atoms with Crippen molar-refractivity contribution < 1.29 is 4.79 Å². The smallest absolute Gasteiger partial charge is 0.240 e. The van der Waals surface area contributed by atoms with Crippen molar-refractivity contribution in [1.82, 2.24) is 0 Å². The van der Waals surface area contributed by atoms with E-state index < -0.39 is 6.04 Å². The van der Waals surface area contributed by atoms with E-state index in [1.807, 2.05) is 24.3 Å². The van der Waals surface area contributed by atoms with Crippen LogP contribution in [0.3, 0.4) is 0 Å². The Kier molecular flexibility index (Phi) is 6.74. The zero-order valence-electron chi connectivity index (χ0n) is 11.2. The molecule has 0 saturated heterocycles. The van der Waals surface area contributed by atoms with E-state index in [1.54, 1.807) is 18.7 Å². The molecule has 3 N–H and O–H groups in total. The molecule has 1 amide bonds. The molecule has 1 rings (SSSR count). The van der Waals surface area contributed by atoms with Crippen LogP contribution in [0.5, 0.6) is 0 Å². The normalized spacial score (nSPS) is 12.5. The maximum absolute atomic E-state index is 11.4. The summed E-state index contributed by atoms with van der Waals surface area (Å²) in [7, 11) is 0.